The summed E-state index contributed by atoms with van der Waals surface area (Å²) < 4.78 is 10.9. The van der Waals surface area contributed by atoms with E-state index in [-0.39, 0.29) is 0 Å². The SMILES string of the molecule is CCCC1CCC(CCC2CCC(COC)CC2)CC1.CCCC1CCC(CCC2CCC(COCC)CC2)CC1. The molecule has 0 aliphatic heterocycles. The van der Waals surface area contributed by atoms with E-state index in [4.69, 9.17) is 9.47 Å². The van der Waals surface area contributed by atoms with Crippen molar-refractivity contribution in [1.29, 1.82) is 0 Å². The van der Waals surface area contributed by atoms with E-state index in [1.54, 1.807) is 0 Å². The third-order valence-corrected chi connectivity index (χ3v) is 12.2. The fraction of sp³-hybridized carbons (Fsp3) is 1.00. The van der Waals surface area contributed by atoms with E-state index in [0.717, 1.165) is 67.2 Å². The summed E-state index contributed by atoms with van der Waals surface area (Å²) in [6.07, 6.45) is 35.6. The largest absolute Gasteiger partial charge is 0.384 e. The molecule has 2 nitrogen and oxygen atoms in total. The van der Waals surface area contributed by atoms with Crippen molar-refractivity contribution in [3.63, 3.8) is 0 Å². The van der Waals surface area contributed by atoms with Crippen molar-refractivity contribution in [3.8, 4) is 0 Å². The molecule has 0 aromatic heterocycles. The van der Waals surface area contributed by atoms with Gasteiger partial charge in [-0.15, -0.1) is 0 Å². The Kier molecular flexibility index (Phi) is 18.6. The van der Waals surface area contributed by atoms with Gasteiger partial charge in [0.05, 0.1) is 0 Å². The molecule has 4 aliphatic rings. The molecular formula is C39H74O2. The Morgan fingerprint density at radius 2 is 0.634 bits per heavy atom. The van der Waals surface area contributed by atoms with E-state index in [1.165, 1.54) is 154 Å². The Morgan fingerprint density at radius 1 is 0.366 bits per heavy atom. The Hall–Kier alpha value is -0.0800. The van der Waals surface area contributed by atoms with Gasteiger partial charge in [-0.3, -0.25) is 0 Å². The van der Waals surface area contributed by atoms with E-state index >= 15 is 0 Å². The van der Waals surface area contributed by atoms with Crippen molar-refractivity contribution >= 4 is 0 Å². The highest BCUT2D eigenvalue weighted by Crippen LogP contribution is 2.39. The van der Waals surface area contributed by atoms with Crippen LogP contribution in [0, 0.1) is 47.3 Å². The lowest BCUT2D eigenvalue weighted by Gasteiger charge is -2.32. The van der Waals surface area contributed by atoms with Crippen molar-refractivity contribution in [2.45, 2.75) is 175 Å². The van der Waals surface area contributed by atoms with Gasteiger partial charge >= 0.3 is 0 Å². The second-order valence-electron chi connectivity index (χ2n) is 15.4. The molecule has 4 aliphatic carbocycles. The summed E-state index contributed by atoms with van der Waals surface area (Å²) in [5.74, 6) is 8.08. The number of ether oxygens (including phenoxy) is 2. The minimum Gasteiger partial charge on any atom is -0.384 e. The Balaban J connectivity index is 0.000000226. The van der Waals surface area contributed by atoms with E-state index in [0.29, 0.717) is 0 Å². The quantitative estimate of drug-likeness (QED) is 0.194. The maximum atomic E-state index is 5.59. The van der Waals surface area contributed by atoms with Gasteiger partial charge in [0, 0.05) is 26.9 Å². The first kappa shape index (κ1) is 35.4. The first-order chi connectivity index (χ1) is 20.1. The molecule has 4 rings (SSSR count). The molecule has 0 N–H and O–H groups in total. The summed E-state index contributed by atoms with van der Waals surface area (Å²) in [4.78, 5) is 0. The predicted molar refractivity (Wildman–Crippen MR) is 178 cm³/mol. The fourth-order valence-electron chi connectivity index (χ4n) is 9.27. The molecule has 0 saturated heterocycles. The number of hydrogen-bond acceptors (Lipinski definition) is 2. The summed E-state index contributed by atoms with van der Waals surface area (Å²) in [5.41, 5.74) is 0. The van der Waals surface area contributed by atoms with Crippen LogP contribution in [0.25, 0.3) is 0 Å². The van der Waals surface area contributed by atoms with Crippen molar-refractivity contribution in [2.24, 2.45) is 47.3 Å². The molecule has 0 amide bonds. The molecule has 4 fully saturated rings. The summed E-state index contributed by atoms with van der Waals surface area (Å²) in [7, 11) is 1.85. The molecule has 4 saturated carbocycles. The highest BCUT2D eigenvalue weighted by Gasteiger charge is 2.26. The zero-order valence-corrected chi connectivity index (χ0v) is 28.5. The van der Waals surface area contributed by atoms with Gasteiger partial charge in [-0.25, -0.2) is 0 Å². The zero-order chi connectivity index (χ0) is 29.1. The van der Waals surface area contributed by atoms with Gasteiger partial charge in [0.2, 0.25) is 0 Å². The average molecular weight is 575 g/mol. The fourth-order valence-corrected chi connectivity index (χ4v) is 9.27. The average Bonchev–Trinajstić information content (AvgIpc) is 3.01. The van der Waals surface area contributed by atoms with Crippen molar-refractivity contribution in [3.05, 3.63) is 0 Å². The van der Waals surface area contributed by atoms with Crippen LogP contribution in [0.5, 0.6) is 0 Å². The van der Waals surface area contributed by atoms with Gasteiger partial charge in [-0.1, -0.05) is 142 Å². The topological polar surface area (TPSA) is 18.5 Å². The van der Waals surface area contributed by atoms with Crippen LogP contribution in [0.3, 0.4) is 0 Å². The Morgan fingerprint density at radius 3 is 0.902 bits per heavy atom. The van der Waals surface area contributed by atoms with Crippen LogP contribution in [0.4, 0.5) is 0 Å². The summed E-state index contributed by atoms with van der Waals surface area (Å²) in [6.45, 7) is 9.69. The van der Waals surface area contributed by atoms with Crippen LogP contribution in [0.15, 0.2) is 0 Å². The maximum absolute atomic E-state index is 5.59. The van der Waals surface area contributed by atoms with Crippen molar-refractivity contribution in [2.75, 3.05) is 26.9 Å². The van der Waals surface area contributed by atoms with Gasteiger partial charge < -0.3 is 9.47 Å². The molecule has 0 unspecified atom stereocenters. The first-order valence-corrected chi connectivity index (χ1v) is 19.2. The van der Waals surface area contributed by atoms with Crippen LogP contribution < -0.4 is 0 Å². The minimum absolute atomic E-state index is 0.862. The molecule has 0 radical (unpaired) electrons. The lowest BCUT2D eigenvalue weighted by molar-refractivity contribution is 0.0842. The van der Waals surface area contributed by atoms with Crippen LogP contribution >= 0.6 is 0 Å². The predicted octanol–water partition coefficient (Wildman–Crippen LogP) is 12.0. The molecule has 0 bridgehead atoms. The number of hydrogen-bond donors (Lipinski definition) is 0. The third-order valence-electron chi connectivity index (χ3n) is 12.2. The van der Waals surface area contributed by atoms with E-state index in [2.05, 4.69) is 20.8 Å². The van der Waals surface area contributed by atoms with E-state index in [9.17, 15) is 0 Å². The van der Waals surface area contributed by atoms with Crippen LogP contribution in [0.1, 0.15) is 175 Å². The Labute approximate surface area is 258 Å². The second-order valence-corrected chi connectivity index (χ2v) is 15.4. The molecule has 0 aromatic rings. The van der Waals surface area contributed by atoms with E-state index in [1.807, 2.05) is 7.11 Å². The van der Waals surface area contributed by atoms with E-state index < -0.39 is 0 Å². The maximum Gasteiger partial charge on any atom is 0.0494 e. The standard InChI is InChI=1S/C20H38O.C19H36O/c1-3-5-17-6-8-18(9-7-17)10-11-19-12-14-20(15-13-19)16-21-4-2;1-3-4-16-5-7-17(8-6-16)9-10-18-11-13-19(14-12-18)15-20-2/h17-20H,3-16H2,1-2H3;16-19H,3-15H2,1-2H3. The highest BCUT2D eigenvalue weighted by molar-refractivity contribution is 4.78. The third kappa shape index (κ3) is 14.5. The van der Waals surface area contributed by atoms with Crippen LogP contribution in [-0.2, 0) is 9.47 Å². The molecule has 2 heteroatoms. The van der Waals surface area contributed by atoms with Gasteiger partial charge in [0.25, 0.3) is 0 Å². The van der Waals surface area contributed by atoms with Gasteiger partial charge in [-0.05, 0) is 80.0 Å². The summed E-state index contributed by atoms with van der Waals surface area (Å²) in [5, 5.41) is 0. The van der Waals surface area contributed by atoms with Gasteiger partial charge in [0.1, 0.15) is 0 Å². The number of methoxy groups -OCH3 is 1. The van der Waals surface area contributed by atoms with Gasteiger partial charge in [-0.2, -0.15) is 0 Å². The van der Waals surface area contributed by atoms with Crippen molar-refractivity contribution in [1.82, 2.24) is 0 Å². The highest BCUT2D eigenvalue weighted by atomic mass is 16.5. The molecule has 0 aromatic carbocycles. The minimum atomic E-state index is 0.862. The normalized spacial score (nSPS) is 34.5. The lowest BCUT2D eigenvalue weighted by Crippen LogP contribution is -2.20. The van der Waals surface area contributed by atoms with Gasteiger partial charge in [0.15, 0.2) is 0 Å². The molecule has 0 atom stereocenters. The molecule has 0 heterocycles. The van der Waals surface area contributed by atoms with Crippen LogP contribution in [0.2, 0.25) is 0 Å². The summed E-state index contributed by atoms with van der Waals surface area (Å²) >= 11 is 0. The lowest BCUT2D eigenvalue weighted by atomic mass is 9.75. The zero-order valence-electron chi connectivity index (χ0n) is 28.5. The van der Waals surface area contributed by atoms with Crippen LogP contribution in [-0.4, -0.2) is 26.9 Å². The van der Waals surface area contributed by atoms with Crippen molar-refractivity contribution < 1.29 is 9.47 Å². The molecule has 242 valence electrons. The summed E-state index contributed by atoms with van der Waals surface area (Å²) in [6, 6.07) is 0. The molecular weight excluding hydrogens is 500 g/mol. The first-order valence-electron chi connectivity index (χ1n) is 19.2. The smallest absolute Gasteiger partial charge is 0.0494 e. The Bertz CT molecular complexity index is 561. The second kappa shape index (κ2) is 21.6. The molecule has 41 heavy (non-hydrogen) atoms. The molecule has 0 spiro atoms. The number of rotatable bonds is 15. The monoisotopic (exact) mass is 575 g/mol.